The molecule has 1 N–H and O–H groups in total. The Labute approximate surface area is 114 Å². The van der Waals surface area contributed by atoms with Gasteiger partial charge in [-0.25, -0.2) is 8.78 Å². The van der Waals surface area contributed by atoms with Gasteiger partial charge in [-0.2, -0.15) is 0 Å². The number of rotatable bonds is 2. The van der Waals surface area contributed by atoms with Crippen LogP contribution in [0.1, 0.15) is 13.8 Å². The molecule has 1 aromatic rings. The van der Waals surface area contributed by atoms with Crippen molar-refractivity contribution >= 4 is 21.6 Å². The maximum absolute atomic E-state index is 14.0. The molecule has 0 aromatic heterocycles. The molecular formula is C13H17BrF2N2. The molecule has 18 heavy (non-hydrogen) atoms. The molecule has 0 bridgehead atoms. The van der Waals surface area contributed by atoms with Crippen LogP contribution in [0.25, 0.3) is 0 Å². The van der Waals surface area contributed by atoms with E-state index in [-0.39, 0.29) is 11.7 Å². The lowest BCUT2D eigenvalue weighted by Crippen LogP contribution is -2.54. The Morgan fingerprint density at radius 1 is 1.33 bits per heavy atom. The lowest BCUT2D eigenvalue weighted by atomic mass is 9.99. The first-order valence-electron chi connectivity index (χ1n) is 6.12. The van der Waals surface area contributed by atoms with Crippen molar-refractivity contribution in [3.63, 3.8) is 0 Å². The van der Waals surface area contributed by atoms with E-state index in [1.54, 1.807) is 0 Å². The maximum Gasteiger partial charge on any atom is 0.150 e. The summed E-state index contributed by atoms with van der Waals surface area (Å²) in [5.74, 6) is -0.677. The summed E-state index contributed by atoms with van der Waals surface area (Å²) in [5.41, 5.74) is 0.0957. The van der Waals surface area contributed by atoms with E-state index in [0.717, 1.165) is 13.1 Å². The Bertz CT molecular complexity index is 414. The Morgan fingerprint density at radius 3 is 2.50 bits per heavy atom. The molecule has 0 saturated carbocycles. The van der Waals surface area contributed by atoms with Crippen LogP contribution >= 0.6 is 15.9 Å². The summed E-state index contributed by atoms with van der Waals surface area (Å²) < 4.78 is 28.4. The molecule has 0 amide bonds. The van der Waals surface area contributed by atoms with Gasteiger partial charge in [-0.1, -0.05) is 29.8 Å². The molecule has 0 spiro atoms. The van der Waals surface area contributed by atoms with Gasteiger partial charge in [-0.3, -0.25) is 0 Å². The lowest BCUT2D eigenvalue weighted by molar-refractivity contribution is 0.382. The third-order valence-corrected chi connectivity index (χ3v) is 3.78. The number of nitrogens with zero attached hydrogens (tertiary/aromatic N) is 1. The van der Waals surface area contributed by atoms with Crippen LogP contribution in [-0.4, -0.2) is 25.7 Å². The standard InChI is InChI=1S/C13H17BrF2N2/c1-8(2)12-7-17-3-4-18(12)13-10(15)5-9(14)6-11(13)16/h5-6,8,12,17H,3-4,7H2,1-2H3. The zero-order valence-electron chi connectivity index (χ0n) is 10.5. The third-order valence-electron chi connectivity index (χ3n) is 3.32. The minimum absolute atomic E-state index is 0.0957. The molecule has 5 heteroatoms. The van der Waals surface area contributed by atoms with Gasteiger partial charge in [0.25, 0.3) is 0 Å². The Kier molecular flexibility index (Phi) is 4.22. The number of anilines is 1. The van der Waals surface area contributed by atoms with Crippen LogP contribution in [0.2, 0.25) is 0 Å². The van der Waals surface area contributed by atoms with Gasteiger partial charge < -0.3 is 10.2 Å². The summed E-state index contributed by atoms with van der Waals surface area (Å²) in [4.78, 5) is 1.85. The summed E-state index contributed by atoms with van der Waals surface area (Å²) >= 11 is 3.10. The van der Waals surface area contributed by atoms with Gasteiger partial charge in [0, 0.05) is 30.1 Å². The first kappa shape index (κ1) is 13.7. The quantitative estimate of drug-likeness (QED) is 0.901. The summed E-state index contributed by atoms with van der Waals surface area (Å²) in [7, 11) is 0. The van der Waals surface area contributed by atoms with E-state index >= 15 is 0 Å². The number of benzene rings is 1. The molecular weight excluding hydrogens is 302 g/mol. The summed E-state index contributed by atoms with van der Waals surface area (Å²) in [6.45, 7) is 6.27. The van der Waals surface area contributed by atoms with Crippen molar-refractivity contribution in [2.75, 3.05) is 24.5 Å². The molecule has 1 unspecified atom stereocenters. The molecule has 100 valence electrons. The minimum Gasteiger partial charge on any atom is -0.361 e. The second-order valence-corrected chi connectivity index (χ2v) is 5.84. The normalized spacial score (nSPS) is 20.6. The Balaban J connectivity index is 2.39. The van der Waals surface area contributed by atoms with Crippen LogP contribution in [0.3, 0.4) is 0 Å². The fraction of sp³-hybridized carbons (Fsp3) is 0.538. The number of halogens is 3. The van der Waals surface area contributed by atoms with Gasteiger partial charge in [0.1, 0.15) is 5.69 Å². The summed E-state index contributed by atoms with van der Waals surface area (Å²) in [6, 6.07) is 2.75. The zero-order valence-corrected chi connectivity index (χ0v) is 12.1. The highest BCUT2D eigenvalue weighted by molar-refractivity contribution is 9.10. The van der Waals surface area contributed by atoms with Crippen LogP contribution in [-0.2, 0) is 0 Å². The highest BCUT2D eigenvalue weighted by Crippen LogP contribution is 2.30. The molecule has 1 aliphatic rings. The van der Waals surface area contributed by atoms with Crippen molar-refractivity contribution in [2.45, 2.75) is 19.9 Å². The number of hydrogen-bond donors (Lipinski definition) is 1. The zero-order chi connectivity index (χ0) is 13.3. The van der Waals surface area contributed by atoms with Crippen LogP contribution < -0.4 is 10.2 Å². The first-order valence-corrected chi connectivity index (χ1v) is 6.92. The minimum atomic E-state index is -0.505. The molecule has 1 heterocycles. The highest BCUT2D eigenvalue weighted by atomic mass is 79.9. The lowest BCUT2D eigenvalue weighted by Gasteiger charge is -2.40. The van der Waals surface area contributed by atoms with Gasteiger partial charge in [-0.05, 0) is 18.1 Å². The fourth-order valence-electron chi connectivity index (χ4n) is 2.41. The highest BCUT2D eigenvalue weighted by Gasteiger charge is 2.29. The molecule has 2 nitrogen and oxygen atoms in total. The maximum atomic E-state index is 14.0. The summed E-state index contributed by atoms with van der Waals surface area (Å²) in [6.07, 6.45) is 0. The third kappa shape index (κ3) is 2.67. The molecule has 1 aliphatic heterocycles. The van der Waals surface area contributed by atoms with Crippen molar-refractivity contribution in [2.24, 2.45) is 5.92 Å². The summed E-state index contributed by atoms with van der Waals surface area (Å²) in [5, 5.41) is 3.27. The van der Waals surface area contributed by atoms with Gasteiger partial charge in [0.2, 0.25) is 0 Å². The fourth-order valence-corrected chi connectivity index (χ4v) is 2.81. The molecule has 2 rings (SSSR count). The van der Waals surface area contributed by atoms with Gasteiger partial charge in [0.05, 0.1) is 0 Å². The van der Waals surface area contributed by atoms with E-state index in [9.17, 15) is 8.78 Å². The van der Waals surface area contributed by atoms with E-state index in [1.807, 2.05) is 4.90 Å². The van der Waals surface area contributed by atoms with Crippen molar-refractivity contribution in [1.82, 2.24) is 5.32 Å². The molecule has 1 atom stereocenters. The van der Waals surface area contributed by atoms with Crippen molar-refractivity contribution in [3.05, 3.63) is 28.2 Å². The Morgan fingerprint density at radius 2 is 1.94 bits per heavy atom. The van der Waals surface area contributed by atoms with E-state index < -0.39 is 11.6 Å². The SMILES string of the molecule is CC(C)C1CNCCN1c1c(F)cc(Br)cc1F. The second-order valence-electron chi connectivity index (χ2n) is 4.93. The topological polar surface area (TPSA) is 15.3 Å². The van der Waals surface area contributed by atoms with Crippen molar-refractivity contribution < 1.29 is 8.78 Å². The smallest absolute Gasteiger partial charge is 0.150 e. The predicted octanol–water partition coefficient (Wildman–Crippen LogP) is 3.16. The number of hydrogen-bond acceptors (Lipinski definition) is 2. The molecule has 1 fully saturated rings. The first-order chi connectivity index (χ1) is 8.50. The monoisotopic (exact) mass is 318 g/mol. The van der Waals surface area contributed by atoms with Crippen molar-refractivity contribution in [1.29, 1.82) is 0 Å². The molecule has 0 aliphatic carbocycles. The van der Waals surface area contributed by atoms with E-state index in [4.69, 9.17) is 0 Å². The van der Waals surface area contributed by atoms with Gasteiger partial charge in [0.15, 0.2) is 11.6 Å². The predicted molar refractivity (Wildman–Crippen MR) is 72.9 cm³/mol. The Hall–Kier alpha value is -0.680. The van der Waals surface area contributed by atoms with Gasteiger partial charge in [-0.15, -0.1) is 0 Å². The number of nitrogens with one attached hydrogen (secondary N) is 1. The second kappa shape index (κ2) is 5.53. The van der Waals surface area contributed by atoms with Crippen LogP contribution in [0.15, 0.2) is 16.6 Å². The molecule has 1 saturated heterocycles. The van der Waals surface area contributed by atoms with E-state index in [0.29, 0.717) is 16.9 Å². The molecule has 1 aromatic carbocycles. The largest absolute Gasteiger partial charge is 0.361 e. The van der Waals surface area contributed by atoms with Crippen LogP contribution in [0.5, 0.6) is 0 Å². The van der Waals surface area contributed by atoms with Crippen molar-refractivity contribution in [3.8, 4) is 0 Å². The van der Waals surface area contributed by atoms with Crippen LogP contribution in [0.4, 0.5) is 14.5 Å². The number of piperazine rings is 1. The van der Waals surface area contributed by atoms with E-state index in [2.05, 4.69) is 35.1 Å². The van der Waals surface area contributed by atoms with Gasteiger partial charge >= 0.3 is 0 Å². The molecule has 0 radical (unpaired) electrons. The average Bonchev–Trinajstić information content (AvgIpc) is 2.28. The van der Waals surface area contributed by atoms with E-state index in [1.165, 1.54) is 12.1 Å². The van der Waals surface area contributed by atoms with Crippen LogP contribution in [0, 0.1) is 17.6 Å². The average molecular weight is 319 g/mol.